The lowest BCUT2D eigenvalue weighted by Crippen LogP contribution is -2.19. The first-order valence-electron chi connectivity index (χ1n) is 11.1. The summed E-state index contributed by atoms with van der Waals surface area (Å²) in [6.07, 6.45) is 3.92. The Morgan fingerprint density at radius 1 is 1.00 bits per heavy atom. The van der Waals surface area contributed by atoms with E-state index in [1.165, 1.54) is 5.56 Å². The molecule has 2 aromatic heterocycles. The highest BCUT2D eigenvalue weighted by Gasteiger charge is 2.21. The zero-order valence-electron chi connectivity index (χ0n) is 18.6. The molecule has 8 nitrogen and oxygen atoms in total. The number of aromatic nitrogens is 3. The molecule has 2 aromatic carbocycles. The predicted molar refractivity (Wildman–Crippen MR) is 129 cm³/mol. The van der Waals surface area contributed by atoms with Crippen LogP contribution in [0.25, 0.3) is 11.0 Å². The van der Waals surface area contributed by atoms with Gasteiger partial charge in [-0.05, 0) is 48.6 Å². The SMILES string of the molecule is Nc1nc(Oc2ccc(CC(=O)C[C@@H](CCCc3ccccc3)C(=O)O)cc2)c2cc[nH]c2n1. The lowest BCUT2D eigenvalue weighted by Gasteiger charge is -2.12. The Kier molecular flexibility index (Phi) is 7.17. The van der Waals surface area contributed by atoms with Crippen LogP contribution in [-0.2, 0) is 22.4 Å². The molecule has 0 aliphatic rings. The van der Waals surface area contributed by atoms with E-state index in [4.69, 9.17) is 10.5 Å². The lowest BCUT2D eigenvalue weighted by atomic mass is 9.93. The molecule has 174 valence electrons. The molecule has 0 unspecified atom stereocenters. The zero-order chi connectivity index (χ0) is 23.9. The molecule has 0 spiro atoms. The zero-order valence-corrected chi connectivity index (χ0v) is 18.6. The number of nitrogens with two attached hydrogens (primary N) is 1. The topological polar surface area (TPSA) is 131 Å². The molecule has 0 aliphatic heterocycles. The third-order valence-corrected chi connectivity index (χ3v) is 5.62. The van der Waals surface area contributed by atoms with Crippen molar-refractivity contribution in [3.63, 3.8) is 0 Å². The van der Waals surface area contributed by atoms with Crippen molar-refractivity contribution in [2.24, 2.45) is 5.92 Å². The van der Waals surface area contributed by atoms with E-state index >= 15 is 0 Å². The van der Waals surface area contributed by atoms with Gasteiger partial charge in [0.1, 0.15) is 17.2 Å². The maximum absolute atomic E-state index is 12.6. The minimum absolute atomic E-state index is 0.0219. The fourth-order valence-electron chi connectivity index (χ4n) is 3.88. The van der Waals surface area contributed by atoms with Crippen molar-refractivity contribution < 1.29 is 19.4 Å². The van der Waals surface area contributed by atoms with E-state index in [0.29, 0.717) is 29.1 Å². The molecule has 0 bridgehead atoms. The highest BCUT2D eigenvalue weighted by Crippen LogP contribution is 2.28. The minimum atomic E-state index is -0.926. The number of nitrogen functional groups attached to an aromatic ring is 1. The number of carbonyl (C=O) groups is 2. The number of carbonyl (C=O) groups excluding carboxylic acids is 1. The molecule has 0 saturated heterocycles. The fourth-order valence-corrected chi connectivity index (χ4v) is 3.88. The summed E-state index contributed by atoms with van der Waals surface area (Å²) in [7, 11) is 0. The van der Waals surface area contributed by atoms with Crippen molar-refractivity contribution >= 4 is 28.7 Å². The minimum Gasteiger partial charge on any atom is -0.481 e. The number of carboxylic acid groups (broad SMARTS) is 1. The molecule has 0 saturated carbocycles. The Labute approximate surface area is 196 Å². The van der Waals surface area contributed by atoms with Crippen LogP contribution < -0.4 is 10.5 Å². The van der Waals surface area contributed by atoms with E-state index in [9.17, 15) is 14.7 Å². The number of benzene rings is 2. The fraction of sp³-hybridized carbons (Fsp3) is 0.231. The second-order valence-electron chi connectivity index (χ2n) is 8.21. The number of hydrogen-bond acceptors (Lipinski definition) is 6. The molecule has 4 aromatic rings. The van der Waals surface area contributed by atoms with Crippen LogP contribution in [-0.4, -0.2) is 31.8 Å². The molecule has 8 heteroatoms. The van der Waals surface area contributed by atoms with Gasteiger partial charge in [-0.25, -0.2) is 0 Å². The van der Waals surface area contributed by atoms with E-state index in [-0.39, 0.29) is 24.6 Å². The van der Waals surface area contributed by atoms with Gasteiger partial charge in [0.2, 0.25) is 11.8 Å². The molecular formula is C26H26N4O4. The highest BCUT2D eigenvalue weighted by molar-refractivity contribution is 5.85. The summed E-state index contributed by atoms with van der Waals surface area (Å²) in [5.74, 6) is -0.716. The van der Waals surface area contributed by atoms with Crippen molar-refractivity contribution in [2.75, 3.05) is 5.73 Å². The number of ketones is 1. The average molecular weight is 459 g/mol. The summed E-state index contributed by atoms with van der Waals surface area (Å²) < 4.78 is 5.85. The van der Waals surface area contributed by atoms with Gasteiger partial charge >= 0.3 is 5.97 Å². The van der Waals surface area contributed by atoms with Gasteiger partial charge in [0.05, 0.1) is 11.3 Å². The number of Topliss-reactive ketones (excluding diaryl/α,β-unsaturated/α-hetero) is 1. The van der Waals surface area contributed by atoms with Crippen LogP contribution in [0.4, 0.5) is 5.95 Å². The summed E-state index contributed by atoms with van der Waals surface area (Å²) in [5.41, 5.74) is 8.28. The van der Waals surface area contributed by atoms with Crippen LogP contribution in [0.15, 0.2) is 66.9 Å². The van der Waals surface area contributed by atoms with E-state index in [0.717, 1.165) is 18.4 Å². The van der Waals surface area contributed by atoms with Crippen LogP contribution in [0, 0.1) is 5.92 Å². The third-order valence-electron chi connectivity index (χ3n) is 5.62. The monoisotopic (exact) mass is 458 g/mol. The van der Waals surface area contributed by atoms with Gasteiger partial charge in [0, 0.05) is 19.0 Å². The van der Waals surface area contributed by atoms with Gasteiger partial charge in [-0.1, -0.05) is 42.5 Å². The number of rotatable bonds is 11. The standard InChI is InChI=1S/C26H26N4O4/c27-26-29-23-22(13-14-28-23)24(30-26)34-21-11-9-18(10-12-21)15-20(31)16-19(25(32)33)8-4-7-17-5-2-1-3-6-17/h1-3,5-6,9-14,19H,4,7-8,15-16H2,(H,32,33)(H3,27,28,29,30)/t19-/m1/s1. The van der Waals surface area contributed by atoms with Crippen LogP contribution in [0.5, 0.6) is 11.6 Å². The van der Waals surface area contributed by atoms with E-state index in [1.807, 2.05) is 30.3 Å². The lowest BCUT2D eigenvalue weighted by molar-refractivity contribution is -0.144. The molecule has 34 heavy (non-hydrogen) atoms. The third kappa shape index (κ3) is 5.98. The molecule has 4 N–H and O–H groups in total. The molecule has 0 radical (unpaired) electrons. The molecule has 4 rings (SSSR count). The summed E-state index contributed by atoms with van der Waals surface area (Å²) in [6.45, 7) is 0. The van der Waals surface area contributed by atoms with E-state index in [1.54, 1.807) is 36.5 Å². The van der Waals surface area contributed by atoms with Crippen molar-refractivity contribution in [2.45, 2.75) is 32.1 Å². The number of aliphatic carboxylic acids is 1. The number of anilines is 1. The molecule has 2 heterocycles. The summed E-state index contributed by atoms with van der Waals surface area (Å²) in [6, 6.07) is 18.8. The molecule has 1 atom stereocenters. The number of H-pyrrole nitrogens is 1. The first-order chi connectivity index (χ1) is 16.5. The summed E-state index contributed by atoms with van der Waals surface area (Å²) >= 11 is 0. The maximum Gasteiger partial charge on any atom is 0.306 e. The van der Waals surface area contributed by atoms with Gasteiger partial charge in [-0.3, -0.25) is 9.59 Å². The van der Waals surface area contributed by atoms with Crippen LogP contribution in [0.3, 0.4) is 0 Å². The van der Waals surface area contributed by atoms with Crippen molar-refractivity contribution in [3.05, 3.63) is 78.0 Å². The normalized spacial score (nSPS) is 11.9. The summed E-state index contributed by atoms with van der Waals surface area (Å²) in [5, 5.41) is 10.3. The Bertz CT molecular complexity index is 1270. The van der Waals surface area contributed by atoms with Crippen LogP contribution in [0.2, 0.25) is 0 Å². The smallest absolute Gasteiger partial charge is 0.306 e. The van der Waals surface area contributed by atoms with Crippen molar-refractivity contribution in [3.8, 4) is 11.6 Å². The van der Waals surface area contributed by atoms with Gasteiger partial charge < -0.3 is 20.6 Å². The number of ether oxygens (including phenoxy) is 1. The number of carboxylic acids is 1. The number of hydrogen-bond donors (Lipinski definition) is 3. The number of aryl methyl sites for hydroxylation is 1. The van der Waals surface area contributed by atoms with Gasteiger partial charge in [0.15, 0.2) is 0 Å². The molecular weight excluding hydrogens is 432 g/mol. The number of fused-ring (bicyclic) bond motifs is 1. The van der Waals surface area contributed by atoms with Crippen LogP contribution >= 0.6 is 0 Å². The molecule has 0 amide bonds. The Hall–Kier alpha value is -4.20. The number of aromatic amines is 1. The van der Waals surface area contributed by atoms with Gasteiger partial charge in [0.25, 0.3) is 0 Å². The molecule has 0 aliphatic carbocycles. The Balaban J connectivity index is 1.31. The maximum atomic E-state index is 12.6. The second kappa shape index (κ2) is 10.6. The van der Waals surface area contributed by atoms with E-state index in [2.05, 4.69) is 15.0 Å². The van der Waals surface area contributed by atoms with E-state index < -0.39 is 11.9 Å². The first kappa shape index (κ1) is 23.0. The Morgan fingerprint density at radius 3 is 2.50 bits per heavy atom. The highest BCUT2D eigenvalue weighted by atomic mass is 16.5. The van der Waals surface area contributed by atoms with Crippen molar-refractivity contribution in [1.82, 2.24) is 15.0 Å². The quantitative estimate of drug-likeness (QED) is 0.300. The first-order valence-corrected chi connectivity index (χ1v) is 11.1. The average Bonchev–Trinajstić information content (AvgIpc) is 3.29. The second-order valence-corrected chi connectivity index (χ2v) is 8.21. The predicted octanol–water partition coefficient (Wildman–Crippen LogP) is 4.56. The van der Waals surface area contributed by atoms with Gasteiger partial charge in [-0.2, -0.15) is 9.97 Å². The van der Waals surface area contributed by atoms with Crippen LogP contribution in [0.1, 0.15) is 30.4 Å². The summed E-state index contributed by atoms with van der Waals surface area (Å²) in [4.78, 5) is 35.4. The van der Waals surface area contributed by atoms with Crippen molar-refractivity contribution in [1.29, 1.82) is 0 Å². The number of nitrogens with one attached hydrogen (secondary N) is 1. The largest absolute Gasteiger partial charge is 0.481 e. The molecule has 0 fully saturated rings. The van der Waals surface area contributed by atoms with Gasteiger partial charge in [-0.15, -0.1) is 0 Å². The Morgan fingerprint density at radius 2 is 1.76 bits per heavy atom. The number of nitrogens with zero attached hydrogens (tertiary/aromatic N) is 2.